The Balaban J connectivity index is 1.56. The van der Waals surface area contributed by atoms with Crippen molar-refractivity contribution in [2.75, 3.05) is 0 Å². The van der Waals surface area contributed by atoms with Gasteiger partial charge in [-0.05, 0) is 21.9 Å². The van der Waals surface area contributed by atoms with Crippen LogP contribution in [0.3, 0.4) is 0 Å². The molecule has 24 heavy (non-hydrogen) atoms. The van der Waals surface area contributed by atoms with Crippen molar-refractivity contribution in [3.8, 4) is 0 Å². The van der Waals surface area contributed by atoms with E-state index in [9.17, 15) is 9.59 Å². The zero-order chi connectivity index (χ0) is 16.8. The lowest BCUT2D eigenvalue weighted by atomic mass is 10.0. The van der Waals surface area contributed by atoms with Crippen LogP contribution in [0.25, 0.3) is 10.8 Å². The van der Waals surface area contributed by atoms with Crippen molar-refractivity contribution in [2.24, 2.45) is 0 Å². The maximum absolute atomic E-state index is 12.1. The van der Waals surface area contributed by atoms with Crippen molar-refractivity contribution in [3.63, 3.8) is 0 Å². The van der Waals surface area contributed by atoms with Crippen molar-refractivity contribution in [2.45, 2.75) is 12.8 Å². The molecule has 3 rings (SSSR count). The average Bonchev–Trinajstić information content (AvgIpc) is 2.61. The summed E-state index contributed by atoms with van der Waals surface area (Å²) in [5, 5.41) is 2.14. The number of nitrogens with one attached hydrogen (secondary N) is 2. The van der Waals surface area contributed by atoms with E-state index in [0.29, 0.717) is 0 Å². The first-order valence-electron chi connectivity index (χ1n) is 7.80. The van der Waals surface area contributed by atoms with Crippen LogP contribution in [0.15, 0.2) is 72.8 Å². The number of carbonyl (C=O) groups excluding carboxylic acids is 2. The molecule has 0 aliphatic heterocycles. The number of amides is 2. The normalized spacial score (nSPS) is 10.3. The number of hydrogen-bond acceptors (Lipinski definition) is 2. The van der Waals surface area contributed by atoms with Crippen molar-refractivity contribution >= 4 is 22.6 Å². The Bertz CT molecular complexity index is 854. The third kappa shape index (κ3) is 3.98. The van der Waals surface area contributed by atoms with Crippen LogP contribution < -0.4 is 10.9 Å². The fourth-order valence-electron chi connectivity index (χ4n) is 2.63. The minimum Gasteiger partial charge on any atom is -0.273 e. The van der Waals surface area contributed by atoms with Gasteiger partial charge in [0.05, 0.1) is 12.8 Å². The molecule has 0 radical (unpaired) electrons. The number of fused-ring (bicyclic) bond motifs is 1. The molecule has 3 aromatic rings. The first kappa shape index (κ1) is 15.7. The lowest BCUT2D eigenvalue weighted by molar-refractivity contribution is -0.128. The molecule has 0 atom stereocenters. The van der Waals surface area contributed by atoms with E-state index >= 15 is 0 Å². The van der Waals surface area contributed by atoms with E-state index in [4.69, 9.17) is 0 Å². The van der Waals surface area contributed by atoms with Gasteiger partial charge < -0.3 is 0 Å². The molecular formula is C20H18N2O2. The van der Waals surface area contributed by atoms with Crippen LogP contribution in [0.5, 0.6) is 0 Å². The van der Waals surface area contributed by atoms with E-state index in [2.05, 4.69) is 10.9 Å². The lowest BCUT2D eigenvalue weighted by Crippen LogP contribution is -2.43. The summed E-state index contributed by atoms with van der Waals surface area (Å²) in [5.74, 6) is -0.486. The van der Waals surface area contributed by atoms with Crippen LogP contribution in [0.2, 0.25) is 0 Å². The van der Waals surface area contributed by atoms with E-state index in [1.165, 1.54) is 0 Å². The monoisotopic (exact) mass is 318 g/mol. The van der Waals surface area contributed by atoms with Crippen molar-refractivity contribution in [1.29, 1.82) is 0 Å². The summed E-state index contributed by atoms with van der Waals surface area (Å²) in [5.41, 5.74) is 6.77. The van der Waals surface area contributed by atoms with Gasteiger partial charge in [0.25, 0.3) is 0 Å². The molecule has 2 N–H and O–H groups in total. The minimum absolute atomic E-state index is 0.215. The minimum atomic E-state index is -0.243. The predicted octanol–water partition coefficient (Wildman–Crippen LogP) is 2.77. The summed E-state index contributed by atoms with van der Waals surface area (Å²) in [6.45, 7) is 0. The third-order valence-corrected chi connectivity index (χ3v) is 3.78. The van der Waals surface area contributed by atoms with Gasteiger partial charge in [-0.3, -0.25) is 20.4 Å². The molecule has 0 aliphatic carbocycles. The maximum atomic E-state index is 12.1. The van der Waals surface area contributed by atoms with Crippen molar-refractivity contribution < 1.29 is 9.59 Å². The Hall–Kier alpha value is -3.14. The Labute approximate surface area is 140 Å². The molecule has 0 fully saturated rings. The van der Waals surface area contributed by atoms with Crippen LogP contribution in [0.4, 0.5) is 0 Å². The molecule has 4 nitrogen and oxygen atoms in total. The van der Waals surface area contributed by atoms with Crippen LogP contribution >= 0.6 is 0 Å². The van der Waals surface area contributed by atoms with Crippen molar-refractivity contribution in [1.82, 2.24) is 10.9 Å². The van der Waals surface area contributed by atoms with E-state index < -0.39 is 0 Å². The van der Waals surface area contributed by atoms with Gasteiger partial charge in [0.2, 0.25) is 11.8 Å². The first-order chi connectivity index (χ1) is 11.7. The van der Waals surface area contributed by atoms with Gasteiger partial charge in [-0.25, -0.2) is 0 Å². The highest BCUT2D eigenvalue weighted by Gasteiger charge is 2.08. The molecule has 3 aromatic carbocycles. The number of hydrazine groups is 1. The molecular weight excluding hydrogens is 300 g/mol. The number of carbonyl (C=O) groups is 2. The molecule has 0 heterocycles. The lowest BCUT2D eigenvalue weighted by Gasteiger charge is -2.09. The topological polar surface area (TPSA) is 58.2 Å². The van der Waals surface area contributed by atoms with Gasteiger partial charge >= 0.3 is 0 Å². The summed E-state index contributed by atoms with van der Waals surface area (Å²) in [7, 11) is 0. The van der Waals surface area contributed by atoms with Gasteiger partial charge in [0.15, 0.2) is 0 Å². The highest BCUT2D eigenvalue weighted by atomic mass is 16.2. The Morgan fingerprint density at radius 1 is 0.667 bits per heavy atom. The van der Waals surface area contributed by atoms with Crippen LogP contribution in [0, 0.1) is 0 Å². The molecule has 0 spiro atoms. The second kappa shape index (κ2) is 7.42. The van der Waals surface area contributed by atoms with E-state index in [-0.39, 0.29) is 24.7 Å². The standard InChI is InChI=1S/C20H18N2O2/c23-19(13-15-7-2-1-3-8-15)21-22-20(24)14-17-11-6-10-16-9-4-5-12-18(16)17/h1-12H,13-14H2,(H,21,23)(H,22,24). The number of benzene rings is 3. The maximum Gasteiger partial charge on any atom is 0.242 e. The largest absolute Gasteiger partial charge is 0.273 e. The van der Waals surface area contributed by atoms with E-state index in [1.807, 2.05) is 72.8 Å². The second-order valence-electron chi connectivity index (χ2n) is 5.57. The first-order valence-corrected chi connectivity index (χ1v) is 7.80. The fraction of sp³-hybridized carbons (Fsp3) is 0.100. The molecule has 0 saturated carbocycles. The SMILES string of the molecule is O=C(Cc1ccccc1)NNC(=O)Cc1cccc2ccccc12. The van der Waals surface area contributed by atoms with Crippen molar-refractivity contribution in [3.05, 3.63) is 83.9 Å². The second-order valence-corrected chi connectivity index (χ2v) is 5.57. The molecule has 0 bridgehead atoms. The molecule has 4 heteroatoms. The molecule has 2 amide bonds. The van der Waals surface area contributed by atoms with E-state index in [1.54, 1.807) is 0 Å². The van der Waals surface area contributed by atoms with Gasteiger partial charge in [-0.2, -0.15) is 0 Å². The fourth-order valence-corrected chi connectivity index (χ4v) is 2.63. The Morgan fingerprint density at radius 2 is 1.29 bits per heavy atom. The predicted molar refractivity (Wildman–Crippen MR) is 94.1 cm³/mol. The molecule has 0 aliphatic rings. The van der Waals surface area contributed by atoms with Gasteiger partial charge in [-0.15, -0.1) is 0 Å². The van der Waals surface area contributed by atoms with Gasteiger partial charge in [0.1, 0.15) is 0 Å². The summed E-state index contributed by atoms with van der Waals surface area (Å²) < 4.78 is 0. The zero-order valence-corrected chi connectivity index (χ0v) is 13.2. The highest BCUT2D eigenvalue weighted by molar-refractivity contribution is 5.91. The summed E-state index contributed by atoms with van der Waals surface area (Å²) in [4.78, 5) is 23.9. The molecule has 0 unspecified atom stereocenters. The Kier molecular flexibility index (Phi) is 4.87. The van der Waals surface area contributed by atoms with Crippen LogP contribution in [-0.4, -0.2) is 11.8 Å². The number of hydrogen-bond donors (Lipinski definition) is 2. The number of rotatable bonds is 4. The smallest absolute Gasteiger partial charge is 0.242 e. The van der Waals surface area contributed by atoms with E-state index in [0.717, 1.165) is 21.9 Å². The third-order valence-electron chi connectivity index (χ3n) is 3.78. The average molecular weight is 318 g/mol. The molecule has 0 aromatic heterocycles. The quantitative estimate of drug-likeness (QED) is 0.727. The highest BCUT2D eigenvalue weighted by Crippen LogP contribution is 2.18. The molecule has 120 valence electrons. The van der Waals surface area contributed by atoms with Gasteiger partial charge in [-0.1, -0.05) is 72.8 Å². The summed E-state index contributed by atoms with van der Waals surface area (Å²) in [6.07, 6.45) is 0.447. The van der Waals surface area contributed by atoms with Crippen LogP contribution in [0.1, 0.15) is 11.1 Å². The van der Waals surface area contributed by atoms with Gasteiger partial charge in [0, 0.05) is 0 Å². The molecule has 0 saturated heterocycles. The zero-order valence-electron chi connectivity index (χ0n) is 13.2. The Morgan fingerprint density at radius 3 is 2.08 bits per heavy atom. The summed E-state index contributed by atoms with van der Waals surface area (Å²) >= 11 is 0. The summed E-state index contributed by atoms with van der Waals surface area (Å²) in [6, 6.07) is 23.2. The van der Waals surface area contributed by atoms with Crippen LogP contribution in [-0.2, 0) is 22.4 Å².